The molecule has 2 heteroatoms. The van der Waals surface area contributed by atoms with Crippen molar-refractivity contribution in [3.63, 3.8) is 0 Å². The van der Waals surface area contributed by atoms with Crippen LogP contribution in [0.3, 0.4) is 0 Å². The minimum atomic E-state index is 0.856. The topological polar surface area (TPSA) is 16.1 Å². The molecule has 18 heavy (non-hydrogen) atoms. The van der Waals surface area contributed by atoms with Gasteiger partial charge in [-0.05, 0) is 11.6 Å². The molecule has 1 heterocycles. The Morgan fingerprint density at radius 1 is 1.06 bits per heavy atom. The van der Waals surface area contributed by atoms with Crippen LogP contribution >= 0.6 is 0 Å². The van der Waals surface area contributed by atoms with E-state index >= 15 is 0 Å². The first-order valence-corrected chi connectivity index (χ1v) is 6.12. The molecule has 0 N–H and O–H groups in total. The number of para-hydroxylation sites is 1. The molecule has 2 nitrogen and oxygen atoms in total. The van der Waals surface area contributed by atoms with E-state index in [0.717, 1.165) is 25.2 Å². The van der Waals surface area contributed by atoms with Crippen molar-refractivity contribution in [3.8, 4) is 0 Å². The predicted molar refractivity (Wildman–Crippen MR) is 77.4 cm³/mol. The summed E-state index contributed by atoms with van der Waals surface area (Å²) < 4.78 is 0. The molecule has 1 aromatic heterocycles. The normalized spacial score (nSPS) is 10.7. The fourth-order valence-electron chi connectivity index (χ4n) is 2.10. The molecule has 1 aromatic carbocycles. The van der Waals surface area contributed by atoms with Crippen molar-refractivity contribution in [2.24, 2.45) is 0 Å². The molecule has 0 bridgehead atoms. The molecule has 0 saturated carbocycles. The highest BCUT2D eigenvalue weighted by Crippen LogP contribution is 2.17. The number of benzene rings is 1. The van der Waals surface area contributed by atoms with Gasteiger partial charge in [-0.15, -0.1) is 13.2 Å². The van der Waals surface area contributed by atoms with Crippen molar-refractivity contribution in [2.45, 2.75) is 6.54 Å². The molecule has 2 aromatic rings. The lowest BCUT2D eigenvalue weighted by atomic mass is 10.1. The van der Waals surface area contributed by atoms with E-state index in [9.17, 15) is 0 Å². The molecule has 0 atom stereocenters. The Labute approximate surface area is 108 Å². The number of hydrogen-bond donors (Lipinski definition) is 0. The predicted octanol–water partition coefficient (Wildman–Crippen LogP) is 3.41. The van der Waals surface area contributed by atoms with Crippen LogP contribution in [0, 0.1) is 0 Å². The highest BCUT2D eigenvalue weighted by Gasteiger charge is 2.06. The Kier molecular flexibility index (Phi) is 4.26. The van der Waals surface area contributed by atoms with Crippen molar-refractivity contribution < 1.29 is 0 Å². The quantitative estimate of drug-likeness (QED) is 0.717. The minimum Gasteiger partial charge on any atom is -0.292 e. The van der Waals surface area contributed by atoms with Crippen LogP contribution < -0.4 is 0 Å². The standard InChI is InChI=1S/C16H18N2/c1-3-11-18(12-4-2)13-15-8-5-7-14-9-6-10-17-16(14)15/h3-10H,1-2,11-13H2. The third-order valence-electron chi connectivity index (χ3n) is 2.88. The summed E-state index contributed by atoms with van der Waals surface area (Å²) in [5.74, 6) is 0. The van der Waals surface area contributed by atoms with Gasteiger partial charge in [-0.25, -0.2) is 0 Å². The molecule has 0 fully saturated rings. The van der Waals surface area contributed by atoms with Gasteiger partial charge in [-0.3, -0.25) is 9.88 Å². The fourth-order valence-corrected chi connectivity index (χ4v) is 2.10. The zero-order chi connectivity index (χ0) is 12.8. The van der Waals surface area contributed by atoms with E-state index in [-0.39, 0.29) is 0 Å². The lowest BCUT2D eigenvalue weighted by Crippen LogP contribution is -2.23. The number of fused-ring (bicyclic) bond motifs is 1. The van der Waals surface area contributed by atoms with Gasteiger partial charge in [0.25, 0.3) is 0 Å². The zero-order valence-electron chi connectivity index (χ0n) is 10.5. The summed E-state index contributed by atoms with van der Waals surface area (Å²) in [6.45, 7) is 10.2. The first-order chi connectivity index (χ1) is 8.85. The zero-order valence-corrected chi connectivity index (χ0v) is 10.5. The summed E-state index contributed by atoms with van der Waals surface area (Å²) in [6.07, 6.45) is 5.68. The summed E-state index contributed by atoms with van der Waals surface area (Å²) in [4.78, 5) is 6.76. The summed E-state index contributed by atoms with van der Waals surface area (Å²) in [5, 5.41) is 1.19. The first kappa shape index (κ1) is 12.5. The number of hydrogen-bond acceptors (Lipinski definition) is 2. The molecule has 0 radical (unpaired) electrons. The van der Waals surface area contributed by atoms with E-state index in [1.807, 2.05) is 24.4 Å². The second-order valence-electron chi connectivity index (χ2n) is 4.26. The number of nitrogens with zero attached hydrogens (tertiary/aromatic N) is 2. The SMILES string of the molecule is C=CCN(CC=C)Cc1cccc2cccnc12. The van der Waals surface area contributed by atoms with Gasteiger partial charge in [0, 0.05) is 31.2 Å². The Balaban J connectivity index is 2.29. The second-order valence-corrected chi connectivity index (χ2v) is 4.26. The van der Waals surface area contributed by atoms with Gasteiger partial charge in [0.05, 0.1) is 5.52 Å². The Hall–Kier alpha value is -1.93. The van der Waals surface area contributed by atoms with Gasteiger partial charge >= 0.3 is 0 Å². The minimum absolute atomic E-state index is 0.856. The summed E-state index contributed by atoms with van der Waals surface area (Å²) in [5.41, 5.74) is 2.33. The van der Waals surface area contributed by atoms with Crippen LogP contribution in [0.2, 0.25) is 0 Å². The third-order valence-corrected chi connectivity index (χ3v) is 2.88. The summed E-state index contributed by atoms with van der Waals surface area (Å²) >= 11 is 0. The maximum absolute atomic E-state index is 4.48. The van der Waals surface area contributed by atoms with E-state index in [2.05, 4.69) is 47.3 Å². The lowest BCUT2D eigenvalue weighted by molar-refractivity contribution is 0.329. The largest absolute Gasteiger partial charge is 0.292 e. The van der Waals surface area contributed by atoms with E-state index in [0.29, 0.717) is 0 Å². The molecule has 0 amide bonds. The van der Waals surface area contributed by atoms with Gasteiger partial charge in [-0.2, -0.15) is 0 Å². The monoisotopic (exact) mass is 238 g/mol. The van der Waals surface area contributed by atoms with Gasteiger partial charge in [0.15, 0.2) is 0 Å². The Bertz CT molecular complexity index is 530. The van der Waals surface area contributed by atoms with Gasteiger partial charge in [0.1, 0.15) is 0 Å². The average molecular weight is 238 g/mol. The molecule has 0 aliphatic rings. The Morgan fingerprint density at radius 3 is 2.50 bits per heavy atom. The second kappa shape index (κ2) is 6.12. The van der Waals surface area contributed by atoms with Crippen LogP contribution in [0.25, 0.3) is 10.9 Å². The average Bonchev–Trinajstić information content (AvgIpc) is 2.40. The molecule has 0 unspecified atom stereocenters. The van der Waals surface area contributed by atoms with Gasteiger partial charge < -0.3 is 0 Å². The molecule has 92 valence electrons. The van der Waals surface area contributed by atoms with E-state index in [4.69, 9.17) is 0 Å². The molecule has 0 aliphatic carbocycles. The van der Waals surface area contributed by atoms with E-state index in [1.165, 1.54) is 10.9 Å². The number of pyridine rings is 1. The van der Waals surface area contributed by atoms with Crippen molar-refractivity contribution in [2.75, 3.05) is 13.1 Å². The van der Waals surface area contributed by atoms with E-state index in [1.54, 1.807) is 0 Å². The van der Waals surface area contributed by atoms with Crippen LogP contribution in [-0.4, -0.2) is 23.0 Å². The molecule has 0 aliphatic heterocycles. The van der Waals surface area contributed by atoms with Crippen molar-refractivity contribution in [3.05, 3.63) is 67.4 Å². The number of rotatable bonds is 6. The van der Waals surface area contributed by atoms with E-state index < -0.39 is 0 Å². The maximum Gasteiger partial charge on any atom is 0.0746 e. The van der Waals surface area contributed by atoms with Crippen LogP contribution in [0.1, 0.15) is 5.56 Å². The molecular weight excluding hydrogens is 220 g/mol. The van der Waals surface area contributed by atoms with Crippen molar-refractivity contribution >= 4 is 10.9 Å². The van der Waals surface area contributed by atoms with Gasteiger partial charge in [0.2, 0.25) is 0 Å². The van der Waals surface area contributed by atoms with Crippen LogP contribution in [0.5, 0.6) is 0 Å². The fraction of sp³-hybridized carbons (Fsp3) is 0.188. The Morgan fingerprint density at radius 2 is 1.78 bits per heavy atom. The summed E-state index contributed by atoms with van der Waals surface area (Å²) in [7, 11) is 0. The molecule has 0 spiro atoms. The van der Waals surface area contributed by atoms with Crippen LogP contribution in [-0.2, 0) is 6.54 Å². The number of aromatic nitrogens is 1. The first-order valence-electron chi connectivity index (χ1n) is 6.12. The van der Waals surface area contributed by atoms with Crippen LogP contribution in [0.4, 0.5) is 0 Å². The smallest absolute Gasteiger partial charge is 0.0746 e. The van der Waals surface area contributed by atoms with Crippen molar-refractivity contribution in [1.82, 2.24) is 9.88 Å². The highest BCUT2D eigenvalue weighted by atomic mass is 15.1. The van der Waals surface area contributed by atoms with Crippen LogP contribution in [0.15, 0.2) is 61.8 Å². The van der Waals surface area contributed by atoms with Crippen molar-refractivity contribution in [1.29, 1.82) is 0 Å². The molecular formula is C16H18N2. The lowest BCUT2D eigenvalue weighted by Gasteiger charge is -2.19. The van der Waals surface area contributed by atoms with Gasteiger partial charge in [-0.1, -0.05) is 36.4 Å². The molecule has 0 saturated heterocycles. The third kappa shape index (κ3) is 2.84. The summed E-state index contributed by atoms with van der Waals surface area (Å²) in [6, 6.07) is 10.4. The maximum atomic E-state index is 4.48. The molecule has 2 rings (SSSR count). The highest BCUT2D eigenvalue weighted by molar-refractivity contribution is 5.81.